The summed E-state index contributed by atoms with van der Waals surface area (Å²) in [6, 6.07) is 0.706. The van der Waals surface area contributed by atoms with Crippen LogP contribution in [0, 0.1) is 5.41 Å². The third kappa shape index (κ3) is 3.24. The second kappa shape index (κ2) is 3.57. The van der Waals surface area contributed by atoms with Crippen LogP contribution in [-0.4, -0.2) is 13.1 Å². The minimum absolute atomic E-state index is 0.706. The smallest absolute Gasteiger partial charge is 0.00357 e. The van der Waals surface area contributed by atoms with Crippen LogP contribution in [0.1, 0.15) is 46.0 Å². The van der Waals surface area contributed by atoms with Gasteiger partial charge >= 0.3 is 0 Å². The lowest BCUT2D eigenvalue weighted by Gasteiger charge is -2.11. The fraction of sp³-hybridized carbons (Fsp3) is 1.00. The molecule has 0 amide bonds. The molecule has 0 aromatic heterocycles. The minimum atomic E-state index is 0.706. The Balaban J connectivity index is 1.95. The van der Waals surface area contributed by atoms with E-state index >= 15 is 0 Å². The first-order valence-corrected chi connectivity index (χ1v) is 4.83. The van der Waals surface area contributed by atoms with Gasteiger partial charge in [-0.15, -0.1) is 0 Å². The first kappa shape index (κ1) is 9.05. The molecule has 1 aliphatic rings. The third-order valence-electron chi connectivity index (χ3n) is 3.01. The highest BCUT2D eigenvalue weighted by molar-refractivity contribution is 4.88. The molecule has 0 heterocycles. The summed E-state index contributed by atoms with van der Waals surface area (Å²) in [5.41, 5.74) is 0.757. The molecule has 1 heteroatoms. The van der Waals surface area contributed by atoms with Crippen LogP contribution in [0.25, 0.3) is 0 Å². The zero-order chi connectivity index (χ0) is 8.32. The monoisotopic (exact) mass is 155 g/mol. The van der Waals surface area contributed by atoms with Crippen molar-refractivity contribution >= 4 is 0 Å². The number of rotatable bonds is 5. The average Bonchev–Trinajstić information content (AvgIpc) is 2.68. The van der Waals surface area contributed by atoms with Gasteiger partial charge in [-0.05, 0) is 45.1 Å². The van der Waals surface area contributed by atoms with Gasteiger partial charge in [-0.3, -0.25) is 0 Å². The molecule has 0 aromatic rings. The van der Waals surface area contributed by atoms with Crippen LogP contribution in [0.15, 0.2) is 0 Å². The molecule has 1 nitrogen and oxygen atoms in total. The lowest BCUT2D eigenvalue weighted by molar-refractivity contribution is 0.446. The van der Waals surface area contributed by atoms with E-state index in [0.717, 1.165) is 5.41 Å². The van der Waals surface area contributed by atoms with Crippen LogP contribution < -0.4 is 5.32 Å². The van der Waals surface area contributed by atoms with Crippen LogP contribution >= 0.6 is 0 Å². The van der Waals surface area contributed by atoms with E-state index in [1.807, 2.05) is 7.05 Å². The van der Waals surface area contributed by atoms with E-state index in [2.05, 4.69) is 19.2 Å². The van der Waals surface area contributed by atoms with Crippen molar-refractivity contribution in [1.29, 1.82) is 0 Å². The van der Waals surface area contributed by atoms with E-state index in [1.165, 1.54) is 32.1 Å². The van der Waals surface area contributed by atoms with Crippen LogP contribution in [0.5, 0.6) is 0 Å². The predicted octanol–water partition coefficient (Wildman–Crippen LogP) is 2.56. The van der Waals surface area contributed by atoms with Crippen molar-refractivity contribution in [2.24, 2.45) is 5.41 Å². The Morgan fingerprint density at radius 2 is 2.09 bits per heavy atom. The van der Waals surface area contributed by atoms with Gasteiger partial charge < -0.3 is 5.32 Å². The van der Waals surface area contributed by atoms with Crippen molar-refractivity contribution in [3.05, 3.63) is 0 Å². The summed E-state index contributed by atoms with van der Waals surface area (Å²) in [7, 11) is 2.05. The van der Waals surface area contributed by atoms with Gasteiger partial charge in [0.2, 0.25) is 0 Å². The van der Waals surface area contributed by atoms with Crippen LogP contribution in [0.2, 0.25) is 0 Å². The molecule has 0 aromatic carbocycles. The van der Waals surface area contributed by atoms with Gasteiger partial charge in [-0.2, -0.15) is 0 Å². The van der Waals surface area contributed by atoms with Crippen LogP contribution in [0.3, 0.4) is 0 Å². The summed E-state index contributed by atoms with van der Waals surface area (Å²) >= 11 is 0. The average molecular weight is 155 g/mol. The molecule has 0 spiro atoms. The molecule has 0 aliphatic heterocycles. The molecule has 1 fully saturated rings. The Kier molecular flexibility index (Phi) is 2.94. The van der Waals surface area contributed by atoms with E-state index in [0.29, 0.717) is 6.04 Å². The maximum atomic E-state index is 3.27. The Bertz CT molecular complexity index is 116. The van der Waals surface area contributed by atoms with Crippen LogP contribution in [-0.2, 0) is 0 Å². The fourth-order valence-electron chi connectivity index (χ4n) is 1.44. The Labute approximate surface area is 70.6 Å². The minimum Gasteiger partial charge on any atom is -0.317 e. The molecule has 11 heavy (non-hydrogen) atoms. The highest BCUT2D eigenvalue weighted by atomic mass is 14.8. The van der Waals surface area contributed by atoms with Gasteiger partial charge in [0.05, 0.1) is 0 Å². The molecule has 1 rings (SSSR count). The molecule has 1 atom stereocenters. The molecule has 1 N–H and O–H groups in total. The van der Waals surface area contributed by atoms with E-state index < -0.39 is 0 Å². The molecular weight excluding hydrogens is 134 g/mol. The van der Waals surface area contributed by atoms with Gasteiger partial charge in [0.1, 0.15) is 0 Å². The van der Waals surface area contributed by atoms with Gasteiger partial charge in [0.25, 0.3) is 0 Å². The molecule has 1 saturated carbocycles. The van der Waals surface area contributed by atoms with Gasteiger partial charge in [0.15, 0.2) is 0 Å². The summed E-state index contributed by atoms with van der Waals surface area (Å²) in [6.07, 6.45) is 7.13. The molecule has 0 radical (unpaired) electrons. The molecule has 0 saturated heterocycles. The highest BCUT2D eigenvalue weighted by Crippen LogP contribution is 2.49. The van der Waals surface area contributed by atoms with Crippen molar-refractivity contribution in [2.75, 3.05) is 7.05 Å². The quantitative estimate of drug-likeness (QED) is 0.643. The summed E-state index contributed by atoms with van der Waals surface area (Å²) in [5, 5.41) is 3.27. The van der Waals surface area contributed by atoms with E-state index in [4.69, 9.17) is 0 Å². The van der Waals surface area contributed by atoms with Gasteiger partial charge in [0, 0.05) is 6.04 Å². The zero-order valence-corrected chi connectivity index (χ0v) is 8.11. The molecule has 1 aliphatic carbocycles. The normalized spacial score (nSPS) is 23.2. The highest BCUT2D eigenvalue weighted by Gasteiger charge is 2.35. The van der Waals surface area contributed by atoms with Crippen molar-refractivity contribution < 1.29 is 0 Å². The predicted molar refractivity (Wildman–Crippen MR) is 49.7 cm³/mol. The second-order valence-electron chi connectivity index (χ2n) is 4.39. The summed E-state index contributed by atoms with van der Waals surface area (Å²) in [4.78, 5) is 0. The van der Waals surface area contributed by atoms with E-state index in [1.54, 1.807) is 0 Å². The number of nitrogens with one attached hydrogen (secondary N) is 1. The van der Waals surface area contributed by atoms with Gasteiger partial charge in [-0.25, -0.2) is 0 Å². The Hall–Kier alpha value is -0.0400. The Morgan fingerprint density at radius 1 is 1.45 bits per heavy atom. The lowest BCUT2D eigenvalue weighted by Crippen LogP contribution is -2.20. The maximum Gasteiger partial charge on any atom is 0.00357 e. The SMILES string of the molecule is CNC(C)CCCC1(C)CC1. The zero-order valence-electron chi connectivity index (χ0n) is 8.11. The number of hydrogen-bond acceptors (Lipinski definition) is 1. The van der Waals surface area contributed by atoms with Crippen LogP contribution in [0.4, 0.5) is 0 Å². The van der Waals surface area contributed by atoms with E-state index in [-0.39, 0.29) is 0 Å². The molecule has 1 unspecified atom stereocenters. The van der Waals surface area contributed by atoms with E-state index in [9.17, 15) is 0 Å². The number of hydrogen-bond donors (Lipinski definition) is 1. The summed E-state index contributed by atoms with van der Waals surface area (Å²) < 4.78 is 0. The largest absolute Gasteiger partial charge is 0.317 e. The van der Waals surface area contributed by atoms with Crippen molar-refractivity contribution in [1.82, 2.24) is 5.32 Å². The summed E-state index contributed by atoms with van der Waals surface area (Å²) in [6.45, 7) is 4.67. The second-order valence-corrected chi connectivity index (χ2v) is 4.39. The molecule has 0 bridgehead atoms. The van der Waals surface area contributed by atoms with Crippen molar-refractivity contribution in [3.63, 3.8) is 0 Å². The lowest BCUT2D eigenvalue weighted by atomic mass is 10.00. The topological polar surface area (TPSA) is 12.0 Å². The first-order chi connectivity index (χ1) is 5.16. The fourth-order valence-corrected chi connectivity index (χ4v) is 1.44. The maximum absolute atomic E-state index is 3.27. The summed E-state index contributed by atoms with van der Waals surface area (Å²) in [5.74, 6) is 0. The first-order valence-electron chi connectivity index (χ1n) is 4.83. The molecule has 66 valence electrons. The molecular formula is C10H21N. The third-order valence-corrected chi connectivity index (χ3v) is 3.01. The van der Waals surface area contributed by atoms with Crippen molar-refractivity contribution in [3.8, 4) is 0 Å². The standard InChI is InChI=1S/C10H21N/c1-9(11-3)5-4-6-10(2)7-8-10/h9,11H,4-8H2,1-3H3. The van der Waals surface area contributed by atoms with Gasteiger partial charge in [-0.1, -0.05) is 13.3 Å². The Morgan fingerprint density at radius 3 is 2.55 bits per heavy atom. The van der Waals surface area contributed by atoms with Crippen molar-refractivity contribution in [2.45, 2.75) is 52.0 Å².